The van der Waals surface area contributed by atoms with Crippen LogP contribution in [0.4, 0.5) is 5.69 Å². The molecule has 0 radical (unpaired) electrons. The Morgan fingerprint density at radius 1 is 1.45 bits per heavy atom. The zero-order chi connectivity index (χ0) is 15.3. The molecule has 110 valence electrons. The first-order valence-electron chi connectivity index (χ1n) is 5.47. The van der Waals surface area contributed by atoms with Gasteiger partial charge in [-0.3, -0.25) is 14.9 Å². The molecule has 10 heteroatoms. The number of nitro benzene ring substituents is 1. The lowest BCUT2D eigenvalue weighted by Crippen LogP contribution is -2.27. The minimum Gasteiger partial charge on any atom is -0.502 e. The number of primary sulfonamides is 1. The smallest absolute Gasteiger partial charge is 0.311 e. The summed E-state index contributed by atoms with van der Waals surface area (Å²) in [5.41, 5.74) is -0.836. The Balaban J connectivity index is 2.69. The Kier molecular flexibility index (Phi) is 5.00. The van der Waals surface area contributed by atoms with Crippen LogP contribution in [0.25, 0.3) is 0 Å². The molecule has 0 atom stereocenters. The fourth-order valence-electron chi connectivity index (χ4n) is 1.43. The van der Waals surface area contributed by atoms with Crippen LogP contribution in [-0.2, 0) is 10.0 Å². The monoisotopic (exact) mass is 303 g/mol. The number of hydrogen-bond acceptors (Lipinski definition) is 6. The van der Waals surface area contributed by atoms with Crippen molar-refractivity contribution in [2.45, 2.75) is 6.42 Å². The Morgan fingerprint density at radius 2 is 2.10 bits per heavy atom. The SMILES string of the molecule is NS(=O)(=O)CCCNC(=O)c1cccc([N+](=O)[O-])c1O. The number of carbonyl (C=O) groups excluding carboxylic acids is 1. The Bertz CT molecular complexity index is 628. The molecule has 0 fully saturated rings. The number of phenolic OH excluding ortho intramolecular Hbond substituents is 1. The molecule has 0 spiro atoms. The first-order chi connectivity index (χ1) is 9.22. The number of para-hydroxylation sites is 1. The molecular weight excluding hydrogens is 290 g/mol. The molecule has 0 bridgehead atoms. The minimum absolute atomic E-state index is 0.0113. The molecule has 1 amide bonds. The number of carbonyl (C=O) groups is 1. The van der Waals surface area contributed by atoms with Crippen LogP contribution in [0.3, 0.4) is 0 Å². The van der Waals surface area contributed by atoms with Gasteiger partial charge in [-0.1, -0.05) is 6.07 Å². The lowest BCUT2D eigenvalue weighted by molar-refractivity contribution is -0.385. The minimum atomic E-state index is -3.60. The molecule has 9 nitrogen and oxygen atoms in total. The van der Waals surface area contributed by atoms with Gasteiger partial charge in [-0.05, 0) is 12.5 Å². The Hall–Kier alpha value is -2.20. The zero-order valence-electron chi connectivity index (χ0n) is 10.3. The van der Waals surface area contributed by atoms with E-state index >= 15 is 0 Å². The topological polar surface area (TPSA) is 153 Å². The van der Waals surface area contributed by atoms with Gasteiger partial charge in [0.1, 0.15) is 0 Å². The van der Waals surface area contributed by atoms with E-state index in [1.54, 1.807) is 0 Å². The van der Waals surface area contributed by atoms with E-state index in [-0.39, 0.29) is 24.3 Å². The van der Waals surface area contributed by atoms with Crippen molar-refractivity contribution < 1.29 is 23.2 Å². The van der Waals surface area contributed by atoms with Gasteiger partial charge in [0.25, 0.3) is 5.91 Å². The highest BCUT2D eigenvalue weighted by molar-refractivity contribution is 7.89. The quantitative estimate of drug-likeness (QED) is 0.373. The summed E-state index contributed by atoms with van der Waals surface area (Å²) in [7, 11) is -3.60. The van der Waals surface area contributed by atoms with E-state index in [0.29, 0.717) is 0 Å². The van der Waals surface area contributed by atoms with Gasteiger partial charge in [0, 0.05) is 12.6 Å². The van der Waals surface area contributed by atoms with E-state index in [1.807, 2.05) is 0 Å². The van der Waals surface area contributed by atoms with Crippen molar-refractivity contribution in [3.8, 4) is 5.75 Å². The van der Waals surface area contributed by atoms with E-state index in [4.69, 9.17) is 5.14 Å². The van der Waals surface area contributed by atoms with Crippen LogP contribution in [0, 0.1) is 10.1 Å². The van der Waals surface area contributed by atoms with Gasteiger partial charge in [0.05, 0.1) is 16.2 Å². The van der Waals surface area contributed by atoms with Crippen molar-refractivity contribution in [1.82, 2.24) is 5.32 Å². The summed E-state index contributed by atoms with van der Waals surface area (Å²) in [5.74, 6) is -1.77. The summed E-state index contributed by atoms with van der Waals surface area (Å²) in [5, 5.41) is 27.3. The van der Waals surface area contributed by atoms with E-state index in [9.17, 15) is 28.4 Å². The summed E-state index contributed by atoms with van der Waals surface area (Å²) in [6, 6.07) is 3.54. The molecule has 0 aliphatic rings. The van der Waals surface area contributed by atoms with Crippen LogP contribution in [0.2, 0.25) is 0 Å². The van der Waals surface area contributed by atoms with Crippen molar-refractivity contribution in [1.29, 1.82) is 0 Å². The Labute approximate surface area is 114 Å². The van der Waals surface area contributed by atoms with Gasteiger partial charge in [0.15, 0.2) is 0 Å². The van der Waals surface area contributed by atoms with E-state index < -0.39 is 32.3 Å². The van der Waals surface area contributed by atoms with Crippen LogP contribution < -0.4 is 10.5 Å². The molecule has 1 aromatic carbocycles. The third-order valence-corrected chi connectivity index (χ3v) is 3.20. The van der Waals surface area contributed by atoms with Gasteiger partial charge in [0.2, 0.25) is 15.8 Å². The first kappa shape index (κ1) is 15.9. The summed E-state index contributed by atoms with van der Waals surface area (Å²) in [4.78, 5) is 21.5. The molecule has 0 saturated heterocycles. The van der Waals surface area contributed by atoms with Crippen LogP contribution >= 0.6 is 0 Å². The second kappa shape index (κ2) is 6.30. The number of hydrogen-bond donors (Lipinski definition) is 3. The van der Waals surface area contributed by atoms with Crippen LogP contribution in [0.1, 0.15) is 16.8 Å². The number of nitrogens with zero attached hydrogens (tertiary/aromatic N) is 1. The second-order valence-corrected chi connectivity index (χ2v) is 5.64. The third kappa shape index (κ3) is 4.48. The second-order valence-electron chi connectivity index (χ2n) is 3.91. The average Bonchev–Trinajstić information content (AvgIpc) is 2.33. The summed E-state index contributed by atoms with van der Waals surface area (Å²) in [6.45, 7) is 0.0113. The van der Waals surface area contributed by atoms with E-state index in [1.165, 1.54) is 12.1 Å². The number of nitro groups is 1. The van der Waals surface area contributed by atoms with Crippen molar-refractivity contribution >= 4 is 21.6 Å². The van der Waals surface area contributed by atoms with Gasteiger partial charge in [-0.15, -0.1) is 0 Å². The number of sulfonamides is 1. The first-order valence-corrected chi connectivity index (χ1v) is 7.19. The predicted molar refractivity (Wildman–Crippen MR) is 69.7 cm³/mol. The number of rotatable bonds is 6. The standard InChI is InChI=1S/C10H13N3O6S/c11-20(18,19)6-2-5-12-10(15)7-3-1-4-8(9(7)14)13(16)17/h1,3-4,14H,2,5-6H2,(H,12,15)(H2,11,18,19). The van der Waals surface area contributed by atoms with Crippen molar-refractivity contribution in [2.75, 3.05) is 12.3 Å². The molecule has 0 aliphatic heterocycles. The maximum Gasteiger partial charge on any atom is 0.311 e. The van der Waals surface area contributed by atoms with E-state index in [0.717, 1.165) is 6.07 Å². The fourth-order valence-corrected chi connectivity index (χ4v) is 1.98. The number of aromatic hydroxyl groups is 1. The normalized spacial score (nSPS) is 11.1. The van der Waals surface area contributed by atoms with Gasteiger partial charge < -0.3 is 10.4 Å². The van der Waals surface area contributed by atoms with Crippen molar-refractivity contribution in [3.05, 3.63) is 33.9 Å². The molecule has 0 heterocycles. The van der Waals surface area contributed by atoms with Crippen LogP contribution in [0.5, 0.6) is 5.75 Å². The zero-order valence-corrected chi connectivity index (χ0v) is 11.1. The number of phenols is 1. The molecular formula is C10H13N3O6S. The summed E-state index contributed by atoms with van der Waals surface area (Å²) in [6.07, 6.45) is 0.0975. The molecule has 4 N–H and O–H groups in total. The average molecular weight is 303 g/mol. The molecule has 1 rings (SSSR count). The lowest BCUT2D eigenvalue weighted by atomic mass is 10.1. The van der Waals surface area contributed by atoms with Gasteiger partial charge >= 0.3 is 5.69 Å². The fraction of sp³-hybridized carbons (Fsp3) is 0.300. The summed E-state index contributed by atoms with van der Waals surface area (Å²) >= 11 is 0. The molecule has 1 aromatic rings. The van der Waals surface area contributed by atoms with Crippen LogP contribution in [0.15, 0.2) is 18.2 Å². The van der Waals surface area contributed by atoms with Crippen molar-refractivity contribution in [3.63, 3.8) is 0 Å². The lowest BCUT2D eigenvalue weighted by Gasteiger charge is -2.06. The number of nitrogens with two attached hydrogens (primary N) is 1. The van der Waals surface area contributed by atoms with E-state index in [2.05, 4.69) is 5.32 Å². The largest absolute Gasteiger partial charge is 0.502 e. The number of nitrogens with one attached hydrogen (secondary N) is 1. The predicted octanol–water partition coefficient (Wildman–Crippen LogP) is -0.291. The molecule has 0 saturated carbocycles. The maximum atomic E-state index is 11.7. The number of amides is 1. The molecule has 20 heavy (non-hydrogen) atoms. The maximum absolute atomic E-state index is 11.7. The van der Waals surface area contributed by atoms with Crippen LogP contribution in [-0.4, -0.2) is 36.7 Å². The van der Waals surface area contributed by atoms with Gasteiger partial charge in [-0.2, -0.15) is 0 Å². The highest BCUT2D eigenvalue weighted by Crippen LogP contribution is 2.28. The van der Waals surface area contributed by atoms with Crippen molar-refractivity contribution in [2.24, 2.45) is 5.14 Å². The molecule has 0 aliphatic carbocycles. The molecule has 0 aromatic heterocycles. The number of benzene rings is 1. The molecule has 0 unspecified atom stereocenters. The highest BCUT2D eigenvalue weighted by Gasteiger charge is 2.20. The third-order valence-electron chi connectivity index (χ3n) is 2.35. The Morgan fingerprint density at radius 3 is 2.65 bits per heavy atom. The van der Waals surface area contributed by atoms with Gasteiger partial charge in [-0.25, -0.2) is 13.6 Å². The highest BCUT2D eigenvalue weighted by atomic mass is 32.2. The summed E-state index contributed by atoms with van der Waals surface area (Å²) < 4.78 is 21.3.